The van der Waals surface area contributed by atoms with E-state index >= 15 is 0 Å². The van der Waals surface area contributed by atoms with Gasteiger partial charge in [0.05, 0.1) is 0 Å². The Bertz CT molecular complexity index is 284. The van der Waals surface area contributed by atoms with E-state index in [1.165, 1.54) is 0 Å². The lowest BCUT2D eigenvalue weighted by molar-refractivity contribution is -0.140. The average Bonchev–Trinajstić information content (AvgIpc) is 2.95. The molecule has 0 aromatic heterocycles. The number of amides is 2. The molecule has 1 rings (SSSR count). The molecule has 0 atom stereocenters. The van der Waals surface area contributed by atoms with E-state index in [0.717, 1.165) is 17.7 Å². The van der Waals surface area contributed by atoms with Gasteiger partial charge in [0.1, 0.15) is 13.1 Å². The number of urea groups is 1. The molecule has 1 fully saturated rings. The van der Waals surface area contributed by atoms with Crippen molar-refractivity contribution in [1.82, 2.24) is 10.2 Å². The first-order chi connectivity index (χ1) is 7.49. The maximum absolute atomic E-state index is 11.4. The zero-order valence-electron chi connectivity index (χ0n) is 8.68. The molecule has 90 valence electrons. The van der Waals surface area contributed by atoms with E-state index in [1.807, 2.05) is 0 Å². The Kier molecular flexibility index (Phi) is 4.10. The minimum Gasteiger partial charge on any atom is -0.480 e. The number of carbonyl (C=O) groups excluding carboxylic acids is 1. The number of carbonyl (C=O) groups is 3. The quantitative estimate of drug-likeness (QED) is 0.574. The van der Waals surface area contributed by atoms with E-state index in [9.17, 15) is 14.4 Å². The van der Waals surface area contributed by atoms with Crippen LogP contribution >= 0.6 is 0 Å². The molecule has 0 unspecified atom stereocenters. The third-order valence-corrected chi connectivity index (χ3v) is 2.18. The van der Waals surface area contributed by atoms with Crippen LogP contribution in [0.25, 0.3) is 0 Å². The number of hydrogen-bond donors (Lipinski definition) is 3. The lowest BCUT2D eigenvalue weighted by Gasteiger charge is -2.18. The molecule has 3 N–H and O–H groups in total. The van der Waals surface area contributed by atoms with Gasteiger partial charge in [-0.3, -0.25) is 9.59 Å². The summed E-state index contributed by atoms with van der Waals surface area (Å²) in [5.41, 5.74) is 0. The zero-order valence-corrected chi connectivity index (χ0v) is 8.68. The molecule has 2 amide bonds. The van der Waals surface area contributed by atoms with Crippen LogP contribution in [-0.2, 0) is 9.59 Å². The lowest BCUT2D eigenvalue weighted by atomic mass is 10.4. The van der Waals surface area contributed by atoms with E-state index in [1.54, 1.807) is 0 Å². The minimum atomic E-state index is -1.23. The Labute approximate surface area is 92.0 Å². The topological polar surface area (TPSA) is 107 Å². The number of nitrogens with one attached hydrogen (secondary N) is 1. The number of nitrogens with zero attached hydrogens (tertiary/aromatic N) is 1. The highest BCUT2D eigenvalue weighted by molar-refractivity contribution is 5.84. The predicted octanol–water partition coefficient (Wildman–Crippen LogP) is -0.423. The fraction of sp³-hybridized carbons (Fsp3) is 0.667. The van der Waals surface area contributed by atoms with Gasteiger partial charge in [-0.2, -0.15) is 0 Å². The second-order valence-corrected chi connectivity index (χ2v) is 3.77. The van der Waals surface area contributed by atoms with E-state index in [-0.39, 0.29) is 0 Å². The summed E-state index contributed by atoms with van der Waals surface area (Å²) in [5, 5.41) is 19.6. The van der Waals surface area contributed by atoms with E-state index in [4.69, 9.17) is 10.2 Å². The molecule has 0 aromatic carbocycles. The van der Waals surface area contributed by atoms with Gasteiger partial charge < -0.3 is 20.4 Å². The van der Waals surface area contributed by atoms with Crippen LogP contribution in [0.5, 0.6) is 0 Å². The second-order valence-electron chi connectivity index (χ2n) is 3.77. The van der Waals surface area contributed by atoms with Gasteiger partial charge >= 0.3 is 18.0 Å². The fourth-order valence-electron chi connectivity index (χ4n) is 1.19. The smallest absolute Gasteiger partial charge is 0.323 e. The fourth-order valence-corrected chi connectivity index (χ4v) is 1.19. The van der Waals surface area contributed by atoms with Crippen LogP contribution in [0.15, 0.2) is 0 Å². The van der Waals surface area contributed by atoms with Gasteiger partial charge in [-0.25, -0.2) is 4.79 Å². The number of hydrogen-bond acceptors (Lipinski definition) is 3. The molecular weight excluding hydrogens is 216 g/mol. The SMILES string of the molecule is O=C(O)CN(CC(=O)O)C(=O)NCC1CC1. The molecule has 7 heteroatoms. The summed E-state index contributed by atoms with van der Waals surface area (Å²) in [4.78, 5) is 33.1. The van der Waals surface area contributed by atoms with Crippen LogP contribution in [0.3, 0.4) is 0 Å². The number of carboxylic acid groups (broad SMARTS) is 2. The maximum Gasteiger partial charge on any atom is 0.323 e. The standard InChI is InChI=1S/C9H14N2O5/c12-7(13)4-11(5-8(14)15)9(16)10-3-6-1-2-6/h6H,1-5H2,(H,10,16)(H,12,13)(H,14,15). The van der Waals surface area contributed by atoms with Crippen LogP contribution in [0.4, 0.5) is 4.79 Å². The number of aliphatic carboxylic acids is 2. The number of carboxylic acids is 2. The van der Waals surface area contributed by atoms with Crippen LogP contribution < -0.4 is 5.32 Å². The van der Waals surface area contributed by atoms with E-state index in [0.29, 0.717) is 12.5 Å². The molecule has 0 saturated heterocycles. The molecule has 0 aliphatic heterocycles. The van der Waals surface area contributed by atoms with Crippen molar-refractivity contribution in [3.63, 3.8) is 0 Å². The molecule has 1 aliphatic rings. The number of rotatable bonds is 6. The van der Waals surface area contributed by atoms with Crippen LogP contribution in [0, 0.1) is 5.92 Å². The van der Waals surface area contributed by atoms with Gasteiger partial charge in [-0.15, -0.1) is 0 Å². The largest absolute Gasteiger partial charge is 0.480 e. The van der Waals surface area contributed by atoms with Gasteiger partial charge in [0.2, 0.25) is 0 Å². The van der Waals surface area contributed by atoms with Crippen molar-refractivity contribution in [1.29, 1.82) is 0 Å². The second kappa shape index (κ2) is 5.34. The Morgan fingerprint density at radius 2 is 1.62 bits per heavy atom. The Balaban J connectivity index is 2.40. The summed E-state index contributed by atoms with van der Waals surface area (Å²) >= 11 is 0. The van der Waals surface area contributed by atoms with Gasteiger partial charge in [0.25, 0.3) is 0 Å². The molecule has 0 bridgehead atoms. The Hall–Kier alpha value is -1.79. The highest BCUT2D eigenvalue weighted by Crippen LogP contribution is 2.27. The molecule has 16 heavy (non-hydrogen) atoms. The third-order valence-electron chi connectivity index (χ3n) is 2.18. The highest BCUT2D eigenvalue weighted by atomic mass is 16.4. The summed E-state index contributed by atoms with van der Waals surface area (Å²) in [6, 6.07) is -0.642. The molecule has 1 saturated carbocycles. The van der Waals surface area contributed by atoms with Crippen molar-refractivity contribution < 1.29 is 24.6 Å². The van der Waals surface area contributed by atoms with Gasteiger partial charge in [0.15, 0.2) is 0 Å². The summed E-state index contributed by atoms with van der Waals surface area (Å²) in [5.74, 6) is -2.01. The van der Waals surface area contributed by atoms with Crippen LogP contribution in [-0.4, -0.2) is 52.7 Å². The molecular formula is C9H14N2O5. The molecule has 7 nitrogen and oxygen atoms in total. The van der Waals surface area contributed by atoms with E-state index < -0.39 is 31.1 Å². The van der Waals surface area contributed by atoms with Crippen molar-refractivity contribution in [2.45, 2.75) is 12.8 Å². The molecule has 0 heterocycles. The first-order valence-corrected chi connectivity index (χ1v) is 4.95. The molecule has 0 radical (unpaired) electrons. The Morgan fingerprint density at radius 1 is 1.12 bits per heavy atom. The van der Waals surface area contributed by atoms with Crippen molar-refractivity contribution in [2.24, 2.45) is 5.92 Å². The first-order valence-electron chi connectivity index (χ1n) is 4.95. The minimum absolute atomic E-state index is 0.459. The Morgan fingerprint density at radius 3 is 2.00 bits per heavy atom. The maximum atomic E-state index is 11.4. The van der Waals surface area contributed by atoms with Gasteiger partial charge in [0, 0.05) is 6.54 Å². The normalized spacial score (nSPS) is 14.2. The average molecular weight is 230 g/mol. The first kappa shape index (κ1) is 12.3. The van der Waals surface area contributed by atoms with Crippen molar-refractivity contribution in [3.05, 3.63) is 0 Å². The third kappa shape index (κ3) is 4.63. The molecule has 0 spiro atoms. The summed E-state index contributed by atoms with van der Waals surface area (Å²) in [7, 11) is 0. The van der Waals surface area contributed by atoms with Gasteiger partial charge in [-0.05, 0) is 18.8 Å². The highest BCUT2D eigenvalue weighted by Gasteiger charge is 2.24. The van der Waals surface area contributed by atoms with Crippen molar-refractivity contribution in [3.8, 4) is 0 Å². The lowest BCUT2D eigenvalue weighted by Crippen LogP contribution is -2.45. The predicted molar refractivity (Wildman–Crippen MR) is 53.0 cm³/mol. The summed E-state index contributed by atoms with van der Waals surface area (Å²) in [6.45, 7) is -0.736. The van der Waals surface area contributed by atoms with Crippen LogP contribution in [0.1, 0.15) is 12.8 Å². The summed E-state index contributed by atoms with van der Waals surface area (Å²) < 4.78 is 0. The summed E-state index contributed by atoms with van der Waals surface area (Å²) in [6.07, 6.45) is 2.11. The molecule has 0 aromatic rings. The molecule has 1 aliphatic carbocycles. The zero-order chi connectivity index (χ0) is 12.1. The van der Waals surface area contributed by atoms with Gasteiger partial charge in [-0.1, -0.05) is 0 Å². The monoisotopic (exact) mass is 230 g/mol. The van der Waals surface area contributed by atoms with Crippen molar-refractivity contribution >= 4 is 18.0 Å². The van der Waals surface area contributed by atoms with Crippen LogP contribution in [0.2, 0.25) is 0 Å². The van der Waals surface area contributed by atoms with Crippen molar-refractivity contribution in [2.75, 3.05) is 19.6 Å². The van der Waals surface area contributed by atoms with E-state index in [2.05, 4.69) is 5.32 Å².